The summed E-state index contributed by atoms with van der Waals surface area (Å²) in [6.07, 6.45) is 0. The maximum absolute atomic E-state index is 13.3. The van der Waals surface area contributed by atoms with Gasteiger partial charge in [0.25, 0.3) is 11.5 Å². The molecule has 0 saturated carbocycles. The summed E-state index contributed by atoms with van der Waals surface area (Å²) < 4.78 is 5.99. The predicted molar refractivity (Wildman–Crippen MR) is 136 cm³/mol. The number of nitro groups is 1. The lowest BCUT2D eigenvalue weighted by atomic mass is 9.95. The van der Waals surface area contributed by atoms with E-state index in [1.807, 2.05) is 0 Å². The van der Waals surface area contributed by atoms with Crippen LogP contribution in [0.15, 0.2) is 72.3 Å². The Morgan fingerprint density at radius 3 is 2.44 bits per heavy atom. The van der Waals surface area contributed by atoms with Crippen LogP contribution >= 0.6 is 22.9 Å². The van der Waals surface area contributed by atoms with E-state index in [2.05, 4.69) is 4.98 Å². The van der Waals surface area contributed by atoms with Gasteiger partial charge in [-0.15, -0.1) is 0 Å². The van der Waals surface area contributed by atoms with Crippen molar-refractivity contribution < 1.29 is 24.4 Å². The van der Waals surface area contributed by atoms with Gasteiger partial charge in [0.05, 0.1) is 33.9 Å². The number of aliphatic hydroxyl groups is 1. The van der Waals surface area contributed by atoms with Gasteiger partial charge >= 0.3 is 5.91 Å². The second-order valence-electron chi connectivity index (χ2n) is 7.85. The molecular formula is C25H16ClN3O6S. The maximum atomic E-state index is 13.3. The Labute approximate surface area is 213 Å². The summed E-state index contributed by atoms with van der Waals surface area (Å²) in [6.45, 7) is 0. The maximum Gasteiger partial charge on any atom is 0.301 e. The first kappa shape index (κ1) is 23.5. The lowest BCUT2D eigenvalue weighted by molar-refractivity contribution is -0.384. The number of rotatable bonds is 5. The van der Waals surface area contributed by atoms with Gasteiger partial charge in [0.15, 0.2) is 5.13 Å². The fourth-order valence-electron chi connectivity index (χ4n) is 4.01. The van der Waals surface area contributed by atoms with Gasteiger partial charge in [-0.25, -0.2) is 4.98 Å². The highest BCUT2D eigenvalue weighted by Crippen LogP contribution is 2.45. The van der Waals surface area contributed by atoms with Crippen molar-refractivity contribution in [1.29, 1.82) is 0 Å². The topological polar surface area (TPSA) is 123 Å². The van der Waals surface area contributed by atoms with E-state index < -0.39 is 28.4 Å². The number of benzene rings is 3. The number of non-ortho nitro benzene ring substituents is 1. The molecule has 1 fully saturated rings. The number of amides is 1. The Kier molecular flexibility index (Phi) is 5.91. The largest absolute Gasteiger partial charge is 0.507 e. The second-order valence-corrected chi connectivity index (χ2v) is 9.30. The first-order chi connectivity index (χ1) is 17.3. The van der Waals surface area contributed by atoms with Crippen molar-refractivity contribution in [3.05, 3.63) is 98.6 Å². The number of aromatic nitrogens is 1. The van der Waals surface area contributed by atoms with Gasteiger partial charge in [-0.05, 0) is 60.2 Å². The van der Waals surface area contributed by atoms with Gasteiger partial charge in [0, 0.05) is 22.7 Å². The molecule has 36 heavy (non-hydrogen) atoms. The van der Waals surface area contributed by atoms with Gasteiger partial charge in [0.1, 0.15) is 11.5 Å². The smallest absolute Gasteiger partial charge is 0.301 e. The van der Waals surface area contributed by atoms with Crippen molar-refractivity contribution in [3.63, 3.8) is 0 Å². The summed E-state index contributed by atoms with van der Waals surface area (Å²) in [5, 5.41) is 23.0. The molecule has 5 rings (SSSR count). The van der Waals surface area contributed by atoms with Crippen LogP contribution < -0.4 is 9.64 Å². The molecule has 1 atom stereocenters. The van der Waals surface area contributed by atoms with Crippen molar-refractivity contribution in [1.82, 2.24) is 4.98 Å². The molecule has 0 unspecified atom stereocenters. The standard InChI is InChI=1S/C25H16ClN3O6S/c1-35-17-10-11-18-19(12-17)36-25(27-18)28-21(13-4-8-16(9-5-13)29(33)34)20(23(31)24(28)32)22(30)14-2-6-15(26)7-3-14/h2-12,21,30H,1H3/b22-20+/t21-/m0/s1. The molecule has 0 spiro atoms. The van der Waals surface area contributed by atoms with Crippen LogP contribution in [0.25, 0.3) is 16.0 Å². The summed E-state index contributed by atoms with van der Waals surface area (Å²) in [4.78, 5) is 42.9. The molecule has 11 heteroatoms. The number of thiazole rings is 1. The number of ether oxygens (including phenoxy) is 1. The van der Waals surface area contributed by atoms with E-state index in [4.69, 9.17) is 16.3 Å². The number of hydrogen-bond donors (Lipinski definition) is 1. The third-order valence-corrected chi connectivity index (χ3v) is 7.04. The Bertz CT molecular complexity index is 1560. The number of carbonyl (C=O) groups excluding carboxylic acids is 2. The molecule has 3 aromatic carbocycles. The van der Waals surface area contributed by atoms with Crippen molar-refractivity contribution in [2.24, 2.45) is 0 Å². The van der Waals surface area contributed by atoms with E-state index in [1.165, 1.54) is 59.7 Å². The normalized spacial score (nSPS) is 17.1. The van der Waals surface area contributed by atoms with Crippen LogP contribution in [0, 0.1) is 10.1 Å². The minimum absolute atomic E-state index is 0.152. The number of hydrogen-bond acceptors (Lipinski definition) is 8. The molecule has 1 saturated heterocycles. The highest BCUT2D eigenvalue weighted by Gasteiger charge is 2.48. The fourth-order valence-corrected chi connectivity index (χ4v) is 5.16. The molecule has 0 bridgehead atoms. The van der Waals surface area contributed by atoms with E-state index in [0.717, 1.165) is 4.70 Å². The number of fused-ring (bicyclic) bond motifs is 1. The molecule has 1 amide bonds. The van der Waals surface area contributed by atoms with Gasteiger partial charge in [-0.2, -0.15) is 0 Å². The fraction of sp³-hybridized carbons (Fsp3) is 0.0800. The molecule has 1 aliphatic heterocycles. The number of Topliss-reactive ketones (excluding diaryl/α,β-unsaturated/α-hetero) is 1. The van der Waals surface area contributed by atoms with Crippen LogP contribution in [0.4, 0.5) is 10.8 Å². The van der Waals surface area contributed by atoms with Gasteiger partial charge in [-0.3, -0.25) is 24.6 Å². The number of aliphatic hydroxyl groups excluding tert-OH is 1. The zero-order chi connectivity index (χ0) is 25.6. The summed E-state index contributed by atoms with van der Waals surface area (Å²) in [5.41, 5.74) is 0.969. The van der Waals surface area contributed by atoms with E-state index in [-0.39, 0.29) is 16.4 Å². The molecule has 9 nitrogen and oxygen atoms in total. The zero-order valence-electron chi connectivity index (χ0n) is 18.5. The SMILES string of the molecule is COc1ccc2nc(N3C(=O)C(=O)/C(=C(/O)c4ccc(Cl)cc4)[C@@H]3c3ccc([N+](=O)[O-])cc3)sc2c1. The van der Waals surface area contributed by atoms with Crippen molar-refractivity contribution in [2.75, 3.05) is 12.0 Å². The monoisotopic (exact) mass is 521 g/mol. The first-order valence-electron chi connectivity index (χ1n) is 10.5. The average molecular weight is 522 g/mol. The number of nitro benzene ring substituents is 1. The lowest BCUT2D eigenvalue weighted by Crippen LogP contribution is -2.29. The number of anilines is 1. The molecule has 0 radical (unpaired) electrons. The number of halogens is 1. The van der Waals surface area contributed by atoms with Crippen LogP contribution in [-0.2, 0) is 9.59 Å². The summed E-state index contributed by atoms with van der Waals surface area (Å²) in [7, 11) is 1.53. The minimum atomic E-state index is -1.07. The number of methoxy groups -OCH3 is 1. The van der Waals surface area contributed by atoms with E-state index in [1.54, 1.807) is 30.3 Å². The van der Waals surface area contributed by atoms with Crippen molar-refractivity contribution in [2.45, 2.75) is 6.04 Å². The Morgan fingerprint density at radius 1 is 1.11 bits per heavy atom. The molecule has 1 aliphatic rings. The number of carbonyl (C=O) groups is 2. The minimum Gasteiger partial charge on any atom is -0.507 e. The van der Waals surface area contributed by atoms with Gasteiger partial charge in [-0.1, -0.05) is 22.9 Å². The quantitative estimate of drug-likeness (QED) is 0.121. The van der Waals surface area contributed by atoms with E-state index in [9.17, 15) is 24.8 Å². The van der Waals surface area contributed by atoms with Crippen LogP contribution in [0.1, 0.15) is 17.2 Å². The van der Waals surface area contributed by atoms with Gasteiger partial charge < -0.3 is 9.84 Å². The zero-order valence-corrected chi connectivity index (χ0v) is 20.1. The van der Waals surface area contributed by atoms with Crippen LogP contribution in [0.5, 0.6) is 5.75 Å². The van der Waals surface area contributed by atoms with Crippen LogP contribution in [0.3, 0.4) is 0 Å². The summed E-state index contributed by atoms with van der Waals surface area (Å²) in [5.74, 6) is -1.56. The molecule has 1 N–H and O–H groups in total. The summed E-state index contributed by atoms with van der Waals surface area (Å²) >= 11 is 7.14. The molecule has 4 aromatic rings. The number of ketones is 1. The third kappa shape index (κ3) is 3.96. The molecule has 2 heterocycles. The average Bonchev–Trinajstić information content (AvgIpc) is 3.41. The van der Waals surface area contributed by atoms with E-state index in [0.29, 0.717) is 27.4 Å². The Hall–Kier alpha value is -4.28. The van der Waals surface area contributed by atoms with Crippen LogP contribution in [-0.4, -0.2) is 33.8 Å². The van der Waals surface area contributed by atoms with Crippen molar-refractivity contribution >= 4 is 61.4 Å². The van der Waals surface area contributed by atoms with Crippen LogP contribution in [0.2, 0.25) is 5.02 Å². The highest BCUT2D eigenvalue weighted by molar-refractivity contribution is 7.22. The molecular weight excluding hydrogens is 506 g/mol. The molecule has 180 valence electrons. The second kappa shape index (κ2) is 9.06. The molecule has 0 aliphatic carbocycles. The summed E-state index contributed by atoms with van der Waals surface area (Å²) in [6, 6.07) is 15.8. The van der Waals surface area contributed by atoms with Crippen molar-refractivity contribution in [3.8, 4) is 5.75 Å². The highest BCUT2D eigenvalue weighted by atomic mass is 35.5. The predicted octanol–water partition coefficient (Wildman–Crippen LogP) is 5.49. The van der Waals surface area contributed by atoms with E-state index >= 15 is 0 Å². The first-order valence-corrected chi connectivity index (χ1v) is 11.7. The Morgan fingerprint density at radius 2 is 1.81 bits per heavy atom. The number of nitrogens with zero attached hydrogens (tertiary/aromatic N) is 3. The Balaban J connectivity index is 1.71. The van der Waals surface area contributed by atoms with Gasteiger partial charge in [0.2, 0.25) is 0 Å². The lowest BCUT2D eigenvalue weighted by Gasteiger charge is -2.22. The molecule has 1 aromatic heterocycles. The third-order valence-electron chi connectivity index (χ3n) is 5.77.